The summed E-state index contributed by atoms with van der Waals surface area (Å²) in [5.74, 6) is 2.75. The molecule has 0 N–H and O–H groups in total. The van der Waals surface area contributed by atoms with Crippen molar-refractivity contribution in [1.82, 2.24) is 4.90 Å². The van der Waals surface area contributed by atoms with E-state index in [1.165, 1.54) is 0 Å². The van der Waals surface area contributed by atoms with Crippen molar-refractivity contribution in [3.63, 3.8) is 0 Å². The second-order valence-electron chi connectivity index (χ2n) is 5.98. The van der Waals surface area contributed by atoms with E-state index in [-0.39, 0.29) is 11.9 Å². The SMILES string of the molecule is C#CCCC1(CCC(=O)N2CCOCC2c2ccccc2)N=N1. The van der Waals surface area contributed by atoms with Crippen molar-refractivity contribution in [2.24, 2.45) is 10.2 Å². The van der Waals surface area contributed by atoms with Crippen LogP contribution in [0.5, 0.6) is 0 Å². The third kappa shape index (κ3) is 3.77. The van der Waals surface area contributed by atoms with E-state index in [1.54, 1.807) is 0 Å². The van der Waals surface area contributed by atoms with Crippen LogP contribution in [0.25, 0.3) is 0 Å². The molecule has 0 saturated carbocycles. The van der Waals surface area contributed by atoms with Crippen molar-refractivity contribution in [2.75, 3.05) is 19.8 Å². The summed E-state index contributed by atoms with van der Waals surface area (Å²) in [6, 6.07) is 10.0. The average Bonchev–Trinajstić information content (AvgIpc) is 3.39. The van der Waals surface area contributed by atoms with E-state index >= 15 is 0 Å². The maximum atomic E-state index is 12.7. The fourth-order valence-corrected chi connectivity index (χ4v) is 2.97. The zero-order valence-corrected chi connectivity index (χ0v) is 13.1. The Bertz CT molecular complexity index is 615. The van der Waals surface area contributed by atoms with Gasteiger partial charge in [0, 0.05) is 32.2 Å². The van der Waals surface area contributed by atoms with Crippen LogP contribution in [0.1, 0.15) is 37.3 Å². The first-order chi connectivity index (χ1) is 11.2. The third-order valence-electron chi connectivity index (χ3n) is 4.42. The van der Waals surface area contributed by atoms with E-state index < -0.39 is 5.66 Å². The molecule has 23 heavy (non-hydrogen) atoms. The Morgan fingerprint density at radius 3 is 2.83 bits per heavy atom. The summed E-state index contributed by atoms with van der Waals surface area (Å²) in [5.41, 5.74) is 0.722. The van der Waals surface area contributed by atoms with E-state index in [0.717, 1.165) is 12.0 Å². The summed E-state index contributed by atoms with van der Waals surface area (Å²) in [6.45, 7) is 1.77. The topological polar surface area (TPSA) is 54.3 Å². The van der Waals surface area contributed by atoms with Crippen LogP contribution in [0.4, 0.5) is 0 Å². The lowest BCUT2D eigenvalue weighted by Crippen LogP contribution is -2.43. The third-order valence-corrected chi connectivity index (χ3v) is 4.42. The number of terminal acetylenes is 1. The molecule has 1 aromatic rings. The highest BCUT2D eigenvalue weighted by Gasteiger charge is 2.40. The van der Waals surface area contributed by atoms with Crippen LogP contribution in [0.15, 0.2) is 40.6 Å². The normalized spacial score (nSPS) is 21.7. The van der Waals surface area contributed by atoms with Gasteiger partial charge in [-0.15, -0.1) is 12.3 Å². The van der Waals surface area contributed by atoms with Crippen molar-refractivity contribution in [3.05, 3.63) is 35.9 Å². The fourth-order valence-electron chi connectivity index (χ4n) is 2.97. The van der Waals surface area contributed by atoms with Gasteiger partial charge < -0.3 is 9.64 Å². The van der Waals surface area contributed by atoms with Crippen molar-refractivity contribution < 1.29 is 9.53 Å². The minimum Gasteiger partial charge on any atom is -0.377 e. The minimum atomic E-state index is -0.392. The van der Waals surface area contributed by atoms with Crippen LogP contribution < -0.4 is 0 Å². The molecule has 120 valence electrons. The van der Waals surface area contributed by atoms with E-state index in [0.29, 0.717) is 39.0 Å². The van der Waals surface area contributed by atoms with Gasteiger partial charge in [0.05, 0.1) is 19.3 Å². The molecule has 1 amide bonds. The predicted molar refractivity (Wildman–Crippen MR) is 86.6 cm³/mol. The standard InChI is InChI=1S/C18H21N3O2/c1-2-3-10-18(19-20-18)11-9-17(22)21-12-13-23-14-16(21)15-7-5-4-6-8-15/h1,4-8,16H,3,9-14H2. The summed E-state index contributed by atoms with van der Waals surface area (Å²) < 4.78 is 5.57. The summed E-state index contributed by atoms with van der Waals surface area (Å²) in [6.07, 6.45) is 7.77. The number of carbonyl (C=O) groups is 1. The summed E-state index contributed by atoms with van der Waals surface area (Å²) in [5, 5.41) is 8.20. The molecule has 0 bridgehead atoms. The summed E-state index contributed by atoms with van der Waals surface area (Å²) >= 11 is 0. The molecule has 0 aliphatic carbocycles. The van der Waals surface area contributed by atoms with Gasteiger partial charge in [0.25, 0.3) is 0 Å². The van der Waals surface area contributed by atoms with Gasteiger partial charge in [-0.1, -0.05) is 30.3 Å². The van der Waals surface area contributed by atoms with Crippen molar-refractivity contribution in [3.8, 4) is 12.3 Å². The lowest BCUT2D eigenvalue weighted by Gasteiger charge is -2.36. The molecule has 3 rings (SSSR count). The average molecular weight is 311 g/mol. The van der Waals surface area contributed by atoms with E-state index in [2.05, 4.69) is 16.1 Å². The van der Waals surface area contributed by atoms with Gasteiger partial charge in [-0.3, -0.25) is 4.79 Å². The zero-order chi connectivity index (χ0) is 16.1. The molecule has 1 saturated heterocycles. The van der Waals surface area contributed by atoms with Gasteiger partial charge in [-0.2, -0.15) is 10.2 Å². The first-order valence-electron chi connectivity index (χ1n) is 8.04. The second-order valence-corrected chi connectivity index (χ2v) is 5.98. The van der Waals surface area contributed by atoms with Gasteiger partial charge in [-0.25, -0.2) is 0 Å². The van der Waals surface area contributed by atoms with Gasteiger partial charge in [0.1, 0.15) is 0 Å². The zero-order valence-electron chi connectivity index (χ0n) is 13.1. The molecule has 0 radical (unpaired) electrons. The number of nitrogens with zero attached hydrogens (tertiary/aromatic N) is 3. The second kappa shape index (κ2) is 6.93. The van der Waals surface area contributed by atoms with Crippen LogP contribution in [0, 0.1) is 12.3 Å². The van der Waals surface area contributed by atoms with Gasteiger partial charge in [-0.05, 0) is 5.56 Å². The van der Waals surface area contributed by atoms with E-state index in [9.17, 15) is 4.79 Å². The fraction of sp³-hybridized carbons (Fsp3) is 0.500. The first kappa shape index (κ1) is 15.7. The number of hydrogen-bond acceptors (Lipinski definition) is 4. The highest BCUT2D eigenvalue weighted by Crippen LogP contribution is 2.38. The van der Waals surface area contributed by atoms with Crippen molar-refractivity contribution >= 4 is 5.91 Å². The number of benzene rings is 1. The molecular weight excluding hydrogens is 290 g/mol. The van der Waals surface area contributed by atoms with E-state index in [1.807, 2.05) is 35.2 Å². The quantitative estimate of drug-likeness (QED) is 0.758. The molecule has 5 heteroatoms. The predicted octanol–water partition coefficient (Wildman–Crippen LogP) is 2.94. The number of morpholine rings is 1. The molecule has 1 fully saturated rings. The number of ether oxygens (including phenoxy) is 1. The lowest BCUT2D eigenvalue weighted by atomic mass is 10.00. The number of hydrogen-bond donors (Lipinski definition) is 0. The molecular formula is C18H21N3O2. The molecule has 1 atom stereocenters. The first-order valence-corrected chi connectivity index (χ1v) is 8.04. The summed E-state index contributed by atoms with van der Waals surface area (Å²) in [4.78, 5) is 14.6. The monoisotopic (exact) mass is 311 g/mol. The maximum Gasteiger partial charge on any atom is 0.223 e. The Hall–Kier alpha value is -2.19. The van der Waals surface area contributed by atoms with Crippen LogP contribution in [-0.4, -0.2) is 36.2 Å². The molecule has 5 nitrogen and oxygen atoms in total. The Labute approximate surface area is 136 Å². The maximum absolute atomic E-state index is 12.7. The number of amides is 1. The number of rotatable bonds is 6. The molecule has 0 aromatic heterocycles. The van der Waals surface area contributed by atoms with Gasteiger partial charge in [0.2, 0.25) is 5.91 Å². The highest BCUT2D eigenvalue weighted by atomic mass is 16.5. The van der Waals surface area contributed by atoms with Crippen molar-refractivity contribution in [1.29, 1.82) is 0 Å². The minimum absolute atomic E-state index is 0.00723. The van der Waals surface area contributed by atoms with Gasteiger partial charge >= 0.3 is 0 Å². The molecule has 2 aliphatic rings. The largest absolute Gasteiger partial charge is 0.377 e. The Morgan fingerprint density at radius 1 is 1.35 bits per heavy atom. The Kier molecular flexibility index (Phi) is 4.73. The van der Waals surface area contributed by atoms with Crippen LogP contribution >= 0.6 is 0 Å². The van der Waals surface area contributed by atoms with Gasteiger partial charge in [0.15, 0.2) is 5.66 Å². The van der Waals surface area contributed by atoms with Crippen LogP contribution in [-0.2, 0) is 9.53 Å². The van der Waals surface area contributed by atoms with Crippen LogP contribution in [0.3, 0.4) is 0 Å². The Morgan fingerprint density at radius 2 is 2.13 bits per heavy atom. The smallest absolute Gasteiger partial charge is 0.223 e. The summed E-state index contributed by atoms with van der Waals surface area (Å²) in [7, 11) is 0. The molecule has 1 unspecified atom stereocenters. The van der Waals surface area contributed by atoms with Crippen LogP contribution in [0.2, 0.25) is 0 Å². The van der Waals surface area contributed by atoms with Crippen molar-refractivity contribution in [2.45, 2.75) is 37.4 Å². The molecule has 0 spiro atoms. The van der Waals surface area contributed by atoms with E-state index in [4.69, 9.17) is 11.2 Å². The highest BCUT2D eigenvalue weighted by molar-refractivity contribution is 5.77. The molecule has 2 aliphatic heterocycles. The molecule has 2 heterocycles. The Balaban J connectivity index is 1.60. The number of carbonyl (C=O) groups excluding carboxylic acids is 1. The molecule has 1 aromatic carbocycles. The lowest BCUT2D eigenvalue weighted by molar-refractivity contribution is -0.140.